The number of oxazole rings is 1. The summed E-state index contributed by atoms with van der Waals surface area (Å²) in [5, 5.41) is 0.915. The summed E-state index contributed by atoms with van der Waals surface area (Å²) < 4.78 is 7.05. The Labute approximate surface area is 97.5 Å². The molecular formula is C13H10N2O2. The molecule has 2 heterocycles. The van der Waals surface area contributed by atoms with E-state index >= 15 is 0 Å². The number of benzene rings is 1. The molecular weight excluding hydrogens is 216 g/mol. The van der Waals surface area contributed by atoms with E-state index < -0.39 is 0 Å². The van der Waals surface area contributed by atoms with Crippen LogP contribution in [0.15, 0.2) is 47.3 Å². The van der Waals surface area contributed by atoms with E-state index in [9.17, 15) is 4.79 Å². The Bertz CT molecular complexity index is 681. The molecule has 0 spiro atoms. The average Bonchev–Trinajstić information content (AvgIpc) is 2.95. The fraction of sp³-hybridized carbons (Fsp3) is 0.0769. The Morgan fingerprint density at radius 2 is 2.18 bits per heavy atom. The van der Waals surface area contributed by atoms with E-state index in [-0.39, 0.29) is 5.78 Å². The van der Waals surface area contributed by atoms with Crippen LogP contribution in [0, 0.1) is 0 Å². The van der Waals surface area contributed by atoms with Crippen LogP contribution in [0.2, 0.25) is 0 Å². The lowest BCUT2D eigenvalue weighted by Crippen LogP contribution is -1.92. The van der Waals surface area contributed by atoms with Gasteiger partial charge in [0.1, 0.15) is 6.26 Å². The highest BCUT2D eigenvalue weighted by atomic mass is 16.4. The molecule has 0 aliphatic carbocycles. The Kier molecular flexibility index (Phi) is 2.08. The fourth-order valence-electron chi connectivity index (χ4n) is 1.95. The molecule has 0 unspecified atom stereocenters. The number of ketones is 1. The zero-order valence-corrected chi connectivity index (χ0v) is 9.25. The van der Waals surface area contributed by atoms with E-state index in [0.29, 0.717) is 11.6 Å². The second kappa shape index (κ2) is 3.59. The van der Waals surface area contributed by atoms with Crippen molar-refractivity contribution in [2.45, 2.75) is 6.92 Å². The zero-order valence-electron chi connectivity index (χ0n) is 9.25. The predicted molar refractivity (Wildman–Crippen MR) is 63.3 cm³/mol. The second-order valence-electron chi connectivity index (χ2n) is 3.80. The topological polar surface area (TPSA) is 48.0 Å². The Morgan fingerprint density at radius 3 is 2.88 bits per heavy atom. The number of carbonyl (C=O) groups is 1. The molecule has 0 saturated heterocycles. The third-order valence-corrected chi connectivity index (χ3v) is 2.72. The number of hydrogen-bond donors (Lipinski definition) is 0. The van der Waals surface area contributed by atoms with Crippen molar-refractivity contribution in [1.29, 1.82) is 0 Å². The van der Waals surface area contributed by atoms with Crippen LogP contribution in [0.25, 0.3) is 16.9 Å². The van der Waals surface area contributed by atoms with Gasteiger partial charge in [0.15, 0.2) is 5.78 Å². The third kappa shape index (κ3) is 1.45. The minimum Gasteiger partial charge on any atom is -0.432 e. The van der Waals surface area contributed by atoms with Gasteiger partial charge in [0.2, 0.25) is 0 Å². The quantitative estimate of drug-likeness (QED) is 0.631. The fourth-order valence-corrected chi connectivity index (χ4v) is 1.95. The number of Topliss-reactive ketones (excluding diaryl/α,β-unsaturated/α-hetero) is 1. The van der Waals surface area contributed by atoms with Gasteiger partial charge in [0.25, 0.3) is 0 Å². The van der Waals surface area contributed by atoms with Crippen molar-refractivity contribution in [2.75, 3.05) is 0 Å². The lowest BCUT2D eigenvalue weighted by atomic mass is 10.1. The van der Waals surface area contributed by atoms with Gasteiger partial charge < -0.3 is 4.42 Å². The normalized spacial score (nSPS) is 10.9. The first-order chi connectivity index (χ1) is 8.27. The van der Waals surface area contributed by atoms with Crippen LogP contribution in [-0.2, 0) is 0 Å². The highest BCUT2D eigenvalue weighted by Gasteiger charge is 2.14. The molecule has 0 aliphatic heterocycles. The van der Waals surface area contributed by atoms with E-state index in [4.69, 9.17) is 4.42 Å². The molecule has 2 aromatic heterocycles. The van der Waals surface area contributed by atoms with Crippen LogP contribution >= 0.6 is 0 Å². The summed E-state index contributed by atoms with van der Waals surface area (Å²) in [6, 6.07) is 8.16. The maximum atomic E-state index is 11.6. The number of nitrogens with zero attached hydrogens (tertiary/aromatic N) is 2. The highest BCUT2D eigenvalue weighted by Crippen LogP contribution is 2.24. The molecule has 0 amide bonds. The predicted octanol–water partition coefficient (Wildman–Crippen LogP) is 2.82. The van der Waals surface area contributed by atoms with Gasteiger partial charge in [-0.25, -0.2) is 4.98 Å². The van der Waals surface area contributed by atoms with Gasteiger partial charge in [-0.2, -0.15) is 0 Å². The first kappa shape index (κ1) is 9.84. The largest absolute Gasteiger partial charge is 0.432 e. The van der Waals surface area contributed by atoms with Crippen LogP contribution in [0.5, 0.6) is 0 Å². The third-order valence-electron chi connectivity index (χ3n) is 2.72. The van der Waals surface area contributed by atoms with E-state index in [1.54, 1.807) is 23.9 Å². The van der Waals surface area contributed by atoms with E-state index in [0.717, 1.165) is 10.9 Å². The smallest absolute Gasteiger partial charge is 0.306 e. The molecule has 3 aromatic rings. The monoisotopic (exact) mass is 226 g/mol. The summed E-state index contributed by atoms with van der Waals surface area (Å²) in [4.78, 5) is 15.7. The summed E-state index contributed by atoms with van der Waals surface area (Å²) in [7, 11) is 0. The summed E-state index contributed by atoms with van der Waals surface area (Å²) >= 11 is 0. The molecule has 17 heavy (non-hydrogen) atoms. The molecule has 0 bridgehead atoms. The van der Waals surface area contributed by atoms with E-state index in [2.05, 4.69) is 4.98 Å². The Hall–Kier alpha value is -2.36. The highest BCUT2D eigenvalue weighted by molar-refractivity contribution is 6.07. The summed E-state index contributed by atoms with van der Waals surface area (Å²) in [5.41, 5.74) is 1.60. The van der Waals surface area contributed by atoms with Gasteiger partial charge in [-0.05, 0) is 13.0 Å². The van der Waals surface area contributed by atoms with Crippen molar-refractivity contribution < 1.29 is 9.21 Å². The molecule has 3 rings (SSSR count). The van der Waals surface area contributed by atoms with Crippen molar-refractivity contribution in [3.05, 3.63) is 48.5 Å². The van der Waals surface area contributed by atoms with Gasteiger partial charge in [0.05, 0.1) is 11.7 Å². The number of aromatic nitrogens is 2. The number of fused-ring (bicyclic) bond motifs is 1. The number of hydrogen-bond acceptors (Lipinski definition) is 3. The molecule has 4 heteroatoms. The maximum absolute atomic E-state index is 11.6. The molecule has 0 aliphatic rings. The first-order valence-electron chi connectivity index (χ1n) is 5.28. The van der Waals surface area contributed by atoms with Gasteiger partial charge >= 0.3 is 6.01 Å². The van der Waals surface area contributed by atoms with Crippen LogP contribution in [-0.4, -0.2) is 15.3 Å². The molecule has 4 nitrogen and oxygen atoms in total. The van der Waals surface area contributed by atoms with Crippen molar-refractivity contribution in [3.63, 3.8) is 0 Å². The molecule has 84 valence electrons. The van der Waals surface area contributed by atoms with Crippen LogP contribution in [0.3, 0.4) is 0 Å². The van der Waals surface area contributed by atoms with Crippen molar-refractivity contribution in [1.82, 2.24) is 9.55 Å². The van der Waals surface area contributed by atoms with Crippen molar-refractivity contribution in [3.8, 4) is 6.01 Å². The molecule has 0 radical (unpaired) electrons. The van der Waals surface area contributed by atoms with Crippen molar-refractivity contribution >= 4 is 16.7 Å². The van der Waals surface area contributed by atoms with Gasteiger partial charge in [-0.15, -0.1) is 0 Å². The average molecular weight is 226 g/mol. The van der Waals surface area contributed by atoms with Crippen LogP contribution < -0.4 is 0 Å². The van der Waals surface area contributed by atoms with Crippen LogP contribution in [0.1, 0.15) is 17.3 Å². The number of carbonyl (C=O) groups excluding carboxylic acids is 1. The Morgan fingerprint density at radius 1 is 1.35 bits per heavy atom. The first-order valence-corrected chi connectivity index (χ1v) is 5.28. The molecule has 1 aromatic carbocycles. The van der Waals surface area contributed by atoms with Gasteiger partial charge in [-0.1, -0.05) is 18.2 Å². The van der Waals surface area contributed by atoms with Crippen molar-refractivity contribution in [2.24, 2.45) is 0 Å². The van der Waals surface area contributed by atoms with E-state index in [1.807, 2.05) is 24.3 Å². The lowest BCUT2D eigenvalue weighted by molar-refractivity contribution is 0.101. The molecule has 0 N–H and O–H groups in total. The maximum Gasteiger partial charge on any atom is 0.306 e. The molecule has 0 atom stereocenters. The van der Waals surface area contributed by atoms with E-state index in [1.165, 1.54) is 6.26 Å². The van der Waals surface area contributed by atoms with Gasteiger partial charge in [0, 0.05) is 17.1 Å². The number of para-hydroxylation sites is 1. The minimum absolute atomic E-state index is 0.0338. The van der Waals surface area contributed by atoms with Gasteiger partial charge in [-0.3, -0.25) is 9.36 Å². The Balaban J connectivity index is 2.37. The second-order valence-corrected chi connectivity index (χ2v) is 3.80. The SMILES string of the molecule is CC(=O)c1cn(-c2ncco2)c2ccccc12. The minimum atomic E-state index is 0.0338. The lowest BCUT2D eigenvalue weighted by Gasteiger charge is -1.97. The standard InChI is InChI=1S/C13H10N2O2/c1-9(16)11-8-15(13-14-6-7-17-13)12-5-3-2-4-10(11)12/h2-8H,1H3. The van der Waals surface area contributed by atoms with Crippen LogP contribution in [0.4, 0.5) is 0 Å². The molecule has 0 saturated carbocycles. The zero-order chi connectivity index (χ0) is 11.8. The summed E-state index contributed by atoms with van der Waals surface area (Å²) in [6.07, 6.45) is 4.86. The molecule has 0 fully saturated rings. The summed E-state index contributed by atoms with van der Waals surface area (Å²) in [6.45, 7) is 1.56. The summed E-state index contributed by atoms with van der Waals surface area (Å²) in [5.74, 6) is 0.0338. The number of rotatable bonds is 2.